The summed E-state index contributed by atoms with van der Waals surface area (Å²) in [6.45, 7) is 2.54. The minimum absolute atomic E-state index is 0.207. The highest BCUT2D eigenvalue weighted by molar-refractivity contribution is 7.87. The van der Waals surface area contributed by atoms with Gasteiger partial charge in [0.15, 0.2) is 5.75 Å². The zero-order valence-electron chi connectivity index (χ0n) is 18.8. The van der Waals surface area contributed by atoms with E-state index in [9.17, 15) is 13.5 Å². The summed E-state index contributed by atoms with van der Waals surface area (Å²) in [6.07, 6.45) is 0. The molecule has 0 aromatic heterocycles. The second-order valence-corrected chi connectivity index (χ2v) is 8.96. The van der Waals surface area contributed by atoms with Crippen molar-refractivity contribution in [3.05, 3.63) is 60.7 Å². The first-order valence-corrected chi connectivity index (χ1v) is 11.9. The molecule has 0 aliphatic carbocycles. The van der Waals surface area contributed by atoms with E-state index in [1.165, 1.54) is 6.07 Å². The number of azo groups is 2. The van der Waals surface area contributed by atoms with Gasteiger partial charge in [0.25, 0.3) is 10.1 Å². The number of fused-ring (bicyclic) bond motifs is 2. The van der Waals surface area contributed by atoms with Crippen molar-refractivity contribution in [1.82, 2.24) is 0 Å². The number of hydrogen-bond acceptors (Lipinski definition) is 9. The summed E-state index contributed by atoms with van der Waals surface area (Å²) in [5.41, 5.74) is 1.59. The highest BCUT2D eigenvalue weighted by atomic mass is 32.2. The third-order valence-electron chi connectivity index (χ3n) is 5.28. The van der Waals surface area contributed by atoms with Gasteiger partial charge in [0.05, 0.1) is 18.5 Å². The topological polar surface area (TPSA) is 125 Å². The molecule has 0 radical (unpaired) electrons. The monoisotopic (exact) mass is 477 g/mol. The van der Waals surface area contributed by atoms with Crippen molar-refractivity contribution in [2.75, 3.05) is 26.0 Å². The maximum Gasteiger partial charge on any atom is 0.299 e. The number of benzene rings is 4. The highest BCUT2D eigenvalue weighted by Crippen LogP contribution is 2.45. The Morgan fingerprint density at radius 3 is 2.24 bits per heavy atom. The predicted octanol–water partition coefficient (Wildman–Crippen LogP) is 6.59. The SMILES string of the molecule is CCNc1cccc2cc(S(=O)(=O)OC)c(N=Nc3ccc(N=NC)c4ccccc34)c(O)c12. The van der Waals surface area contributed by atoms with E-state index in [1.807, 2.05) is 31.2 Å². The molecule has 0 saturated carbocycles. The van der Waals surface area contributed by atoms with Crippen LogP contribution in [0.5, 0.6) is 5.75 Å². The molecule has 0 aliphatic rings. The third-order valence-corrected chi connectivity index (χ3v) is 6.57. The van der Waals surface area contributed by atoms with Crippen LogP contribution in [0.15, 0.2) is 86.0 Å². The number of aromatic hydroxyl groups is 1. The van der Waals surface area contributed by atoms with Crippen LogP contribution in [0, 0.1) is 0 Å². The average Bonchev–Trinajstić information content (AvgIpc) is 2.84. The van der Waals surface area contributed by atoms with Gasteiger partial charge in [-0.15, -0.1) is 10.2 Å². The summed E-state index contributed by atoms with van der Waals surface area (Å²) in [7, 11) is -1.55. The van der Waals surface area contributed by atoms with Gasteiger partial charge < -0.3 is 10.4 Å². The van der Waals surface area contributed by atoms with Crippen LogP contribution in [-0.2, 0) is 14.3 Å². The second-order valence-electron chi connectivity index (χ2n) is 7.28. The number of anilines is 1. The predicted molar refractivity (Wildman–Crippen MR) is 133 cm³/mol. The minimum Gasteiger partial charge on any atom is -0.505 e. The standard InChI is InChI=1S/C24H23N5O4S/c1-4-26-20-11-7-8-15-14-21(34(31,32)33-3)23(24(30)22(15)20)29-28-19-13-12-18(27-25-2)16-9-5-6-10-17(16)19/h5-14,26,30H,4H2,1-3H3. The lowest BCUT2D eigenvalue weighted by Crippen LogP contribution is -2.04. The fraction of sp³-hybridized carbons (Fsp3) is 0.167. The van der Waals surface area contributed by atoms with Gasteiger partial charge in [-0.2, -0.15) is 18.6 Å². The fourth-order valence-corrected chi connectivity index (χ4v) is 4.59. The molecule has 0 amide bonds. The molecule has 0 aliphatic heterocycles. The van der Waals surface area contributed by atoms with E-state index in [4.69, 9.17) is 4.18 Å². The Bertz CT molecular complexity index is 1550. The van der Waals surface area contributed by atoms with Gasteiger partial charge in [-0.3, -0.25) is 4.18 Å². The van der Waals surface area contributed by atoms with Gasteiger partial charge >= 0.3 is 0 Å². The van der Waals surface area contributed by atoms with Crippen LogP contribution < -0.4 is 5.32 Å². The van der Waals surface area contributed by atoms with Gasteiger partial charge in [-0.25, -0.2) is 0 Å². The van der Waals surface area contributed by atoms with Gasteiger partial charge in [0.1, 0.15) is 10.6 Å². The summed E-state index contributed by atoms with van der Waals surface area (Å²) in [5, 5.41) is 33.3. The molecular formula is C24H23N5O4S. The van der Waals surface area contributed by atoms with Crippen LogP contribution in [0.1, 0.15) is 6.92 Å². The molecule has 2 N–H and O–H groups in total. The normalized spacial score (nSPS) is 12.3. The Balaban J connectivity index is 1.97. The van der Waals surface area contributed by atoms with Crippen molar-refractivity contribution >= 4 is 54.4 Å². The third kappa shape index (κ3) is 4.20. The van der Waals surface area contributed by atoms with E-state index < -0.39 is 10.1 Å². The van der Waals surface area contributed by atoms with E-state index in [1.54, 1.807) is 37.4 Å². The number of phenols is 1. The van der Waals surface area contributed by atoms with E-state index in [0.29, 0.717) is 34.4 Å². The lowest BCUT2D eigenvalue weighted by Gasteiger charge is -2.14. The van der Waals surface area contributed by atoms with Crippen LogP contribution in [0.3, 0.4) is 0 Å². The van der Waals surface area contributed by atoms with Crippen LogP contribution in [0.4, 0.5) is 22.7 Å². The van der Waals surface area contributed by atoms with Crippen molar-refractivity contribution in [2.24, 2.45) is 20.5 Å². The first-order chi connectivity index (χ1) is 16.4. The molecule has 9 nitrogen and oxygen atoms in total. The van der Waals surface area contributed by atoms with E-state index in [-0.39, 0.29) is 16.3 Å². The molecule has 0 saturated heterocycles. The summed E-state index contributed by atoms with van der Waals surface area (Å²) in [5.74, 6) is -0.311. The van der Waals surface area contributed by atoms with Crippen LogP contribution in [0.2, 0.25) is 0 Å². The number of phenolic OH excluding ortho intramolecular Hbond substituents is 1. The Morgan fingerprint density at radius 2 is 1.62 bits per heavy atom. The van der Waals surface area contributed by atoms with Gasteiger partial charge in [0.2, 0.25) is 0 Å². The Labute approximate surface area is 196 Å². The lowest BCUT2D eigenvalue weighted by atomic mass is 10.1. The molecular weight excluding hydrogens is 454 g/mol. The first-order valence-electron chi connectivity index (χ1n) is 10.5. The van der Waals surface area contributed by atoms with Crippen LogP contribution in [0.25, 0.3) is 21.5 Å². The molecule has 10 heteroatoms. The molecule has 0 bridgehead atoms. The summed E-state index contributed by atoms with van der Waals surface area (Å²) >= 11 is 0. The molecule has 174 valence electrons. The Hall–Kier alpha value is -3.89. The summed E-state index contributed by atoms with van der Waals surface area (Å²) in [6, 6.07) is 17.6. The molecule has 4 aromatic carbocycles. The van der Waals surface area contributed by atoms with E-state index in [0.717, 1.165) is 17.9 Å². The average molecular weight is 478 g/mol. The van der Waals surface area contributed by atoms with Crippen molar-refractivity contribution < 1.29 is 17.7 Å². The summed E-state index contributed by atoms with van der Waals surface area (Å²) < 4.78 is 30.1. The number of nitrogens with one attached hydrogen (secondary N) is 1. The maximum absolute atomic E-state index is 12.7. The zero-order chi connectivity index (χ0) is 24.3. The first kappa shape index (κ1) is 23.3. The minimum atomic E-state index is -4.19. The Morgan fingerprint density at radius 1 is 0.941 bits per heavy atom. The zero-order valence-corrected chi connectivity index (χ0v) is 19.7. The van der Waals surface area contributed by atoms with Crippen molar-refractivity contribution in [3.63, 3.8) is 0 Å². The lowest BCUT2D eigenvalue weighted by molar-refractivity contribution is 0.397. The fourth-order valence-electron chi connectivity index (χ4n) is 3.77. The number of nitrogens with zero attached hydrogens (tertiary/aromatic N) is 4. The second kappa shape index (κ2) is 9.54. The van der Waals surface area contributed by atoms with Crippen molar-refractivity contribution in [3.8, 4) is 5.75 Å². The molecule has 0 fully saturated rings. The molecule has 0 atom stereocenters. The van der Waals surface area contributed by atoms with Crippen molar-refractivity contribution in [1.29, 1.82) is 0 Å². The number of rotatable bonds is 7. The molecule has 34 heavy (non-hydrogen) atoms. The van der Waals surface area contributed by atoms with Crippen molar-refractivity contribution in [2.45, 2.75) is 11.8 Å². The van der Waals surface area contributed by atoms with Crippen LogP contribution >= 0.6 is 0 Å². The van der Waals surface area contributed by atoms with Gasteiger partial charge in [-0.05, 0) is 36.6 Å². The molecule has 0 spiro atoms. The van der Waals surface area contributed by atoms with Crippen LogP contribution in [-0.4, -0.2) is 34.2 Å². The largest absolute Gasteiger partial charge is 0.505 e. The van der Waals surface area contributed by atoms with E-state index in [2.05, 4.69) is 25.8 Å². The molecule has 0 unspecified atom stereocenters. The molecule has 4 aromatic rings. The van der Waals surface area contributed by atoms with Gasteiger partial charge in [-0.1, -0.05) is 36.4 Å². The van der Waals surface area contributed by atoms with Gasteiger partial charge in [0, 0.05) is 35.4 Å². The Kier molecular flexibility index (Phi) is 6.53. The summed E-state index contributed by atoms with van der Waals surface area (Å²) in [4.78, 5) is -0.280. The maximum atomic E-state index is 12.7. The number of hydrogen-bond donors (Lipinski definition) is 2. The smallest absolute Gasteiger partial charge is 0.299 e. The quantitative estimate of drug-likeness (QED) is 0.229. The molecule has 4 rings (SSSR count). The highest BCUT2D eigenvalue weighted by Gasteiger charge is 2.25. The molecule has 0 heterocycles. The van der Waals surface area contributed by atoms with E-state index >= 15 is 0 Å².